The van der Waals surface area contributed by atoms with Gasteiger partial charge in [0, 0.05) is 18.8 Å². The fourth-order valence-corrected chi connectivity index (χ4v) is 3.01. The van der Waals surface area contributed by atoms with E-state index in [1.54, 1.807) is 41.3 Å². The number of rotatable bonds is 3. The first-order chi connectivity index (χ1) is 12.0. The lowest BCUT2D eigenvalue weighted by atomic mass is 10.1. The minimum absolute atomic E-state index is 0.135. The number of anilines is 1. The highest BCUT2D eigenvalue weighted by Gasteiger charge is 2.20. The minimum Gasteiger partial charge on any atom is -0.337 e. The number of aromatic nitrogens is 1. The molecular weight excluding hydrogens is 361 g/mol. The van der Waals surface area contributed by atoms with Crippen molar-refractivity contribution in [2.75, 3.05) is 18.4 Å². The molecule has 0 atom stereocenters. The van der Waals surface area contributed by atoms with Gasteiger partial charge in [-0.3, -0.25) is 9.59 Å². The number of benzene rings is 1. The maximum atomic E-state index is 12.5. The van der Waals surface area contributed by atoms with Crippen molar-refractivity contribution in [3.05, 3.63) is 57.8 Å². The lowest BCUT2D eigenvalue weighted by molar-refractivity contribution is 0.0718. The number of halogens is 2. The fraction of sp³-hybridized carbons (Fsp3) is 0.278. The van der Waals surface area contributed by atoms with Gasteiger partial charge in [-0.1, -0.05) is 29.3 Å². The molecule has 2 amide bonds. The van der Waals surface area contributed by atoms with Crippen LogP contribution in [-0.4, -0.2) is 34.8 Å². The summed E-state index contributed by atoms with van der Waals surface area (Å²) in [4.78, 5) is 30.9. The standard InChI is InChI=1S/C18H17Cl2N3O2/c19-13-8-7-12(11-14(13)20)21-17(24)15-5-4-6-16(22-15)18(25)23-9-2-1-3-10-23/h4-8,11H,1-3,9-10H2,(H,21,24). The number of nitrogens with zero attached hydrogens (tertiary/aromatic N) is 2. The summed E-state index contributed by atoms with van der Waals surface area (Å²) in [5.41, 5.74) is 0.964. The van der Waals surface area contributed by atoms with Crippen molar-refractivity contribution in [3.63, 3.8) is 0 Å². The van der Waals surface area contributed by atoms with Crippen molar-refractivity contribution < 1.29 is 9.59 Å². The molecule has 2 heterocycles. The number of likely N-dealkylation sites (tertiary alicyclic amines) is 1. The molecule has 0 saturated carbocycles. The monoisotopic (exact) mass is 377 g/mol. The predicted molar refractivity (Wildman–Crippen MR) is 98.4 cm³/mol. The van der Waals surface area contributed by atoms with E-state index in [-0.39, 0.29) is 17.3 Å². The van der Waals surface area contributed by atoms with Gasteiger partial charge in [0.05, 0.1) is 10.0 Å². The summed E-state index contributed by atoms with van der Waals surface area (Å²) in [5.74, 6) is -0.546. The normalized spacial score (nSPS) is 14.2. The number of carbonyl (C=O) groups is 2. The van der Waals surface area contributed by atoms with Crippen molar-refractivity contribution >= 4 is 40.7 Å². The SMILES string of the molecule is O=C(Nc1ccc(Cl)c(Cl)c1)c1cccc(C(=O)N2CCCCC2)n1. The fourth-order valence-electron chi connectivity index (χ4n) is 2.71. The van der Waals surface area contributed by atoms with E-state index >= 15 is 0 Å². The molecule has 1 aromatic heterocycles. The van der Waals surface area contributed by atoms with Gasteiger partial charge in [0.1, 0.15) is 11.4 Å². The Kier molecular flexibility index (Phi) is 5.56. The number of hydrogen-bond donors (Lipinski definition) is 1. The molecule has 3 rings (SSSR count). The van der Waals surface area contributed by atoms with Gasteiger partial charge >= 0.3 is 0 Å². The molecule has 0 aliphatic carbocycles. The Morgan fingerprint density at radius 3 is 2.40 bits per heavy atom. The van der Waals surface area contributed by atoms with Crippen LogP contribution in [0.25, 0.3) is 0 Å². The number of pyridine rings is 1. The van der Waals surface area contributed by atoms with Crippen LogP contribution in [0.2, 0.25) is 10.0 Å². The summed E-state index contributed by atoms with van der Waals surface area (Å²) in [5, 5.41) is 3.46. The number of carbonyl (C=O) groups excluding carboxylic acids is 2. The highest BCUT2D eigenvalue weighted by molar-refractivity contribution is 6.42. The second-order valence-electron chi connectivity index (χ2n) is 5.84. The Bertz CT molecular complexity index is 805. The van der Waals surface area contributed by atoms with Gasteiger partial charge in [-0.05, 0) is 49.6 Å². The van der Waals surface area contributed by atoms with Gasteiger partial charge in [-0.2, -0.15) is 0 Å². The third-order valence-corrected chi connectivity index (χ3v) is 4.76. The molecule has 7 heteroatoms. The van der Waals surface area contributed by atoms with E-state index in [0.717, 1.165) is 32.4 Å². The number of hydrogen-bond acceptors (Lipinski definition) is 3. The highest BCUT2D eigenvalue weighted by Crippen LogP contribution is 2.25. The molecule has 25 heavy (non-hydrogen) atoms. The maximum absolute atomic E-state index is 12.5. The van der Waals surface area contributed by atoms with Crippen LogP contribution in [0.5, 0.6) is 0 Å². The summed E-state index contributed by atoms with van der Waals surface area (Å²) >= 11 is 11.8. The highest BCUT2D eigenvalue weighted by atomic mass is 35.5. The molecule has 1 aliphatic heterocycles. The Labute approximate surface area is 155 Å². The van der Waals surface area contributed by atoms with Gasteiger partial charge in [0.2, 0.25) is 0 Å². The molecule has 1 aliphatic rings. The van der Waals surface area contributed by atoms with E-state index in [2.05, 4.69) is 10.3 Å². The summed E-state index contributed by atoms with van der Waals surface area (Å²) in [6, 6.07) is 9.67. The molecule has 1 saturated heterocycles. The van der Waals surface area contributed by atoms with Crippen LogP contribution in [0, 0.1) is 0 Å². The quantitative estimate of drug-likeness (QED) is 0.868. The molecule has 0 spiro atoms. The first-order valence-electron chi connectivity index (χ1n) is 8.07. The smallest absolute Gasteiger partial charge is 0.274 e. The third-order valence-electron chi connectivity index (χ3n) is 4.02. The van der Waals surface area contributed by atoms with Crippen LogP contribution in [0.15, 0.2) is 36.4 Å². The second kappa shape index (κ2) is 7.85. The molecule has 0 bridgehead atoms. The van der Waals surface area contributed by atoms with Crippen LogP contribution in [0.4, 0.5) is 5.69 Å². The predicted octanol–water partition coefficient (Wildman–Crippen LogP) is 4.27. The van der Waals surface area contributed by atoms with Gasteiger partial charge in [0.25, 0.3) is 11.8 Å². The van der Waals surface area contributed by atoms with Gasteiger partial charge < -0.3 is 10.2 Å². The molecular formula is C18H17Cl2N3O2. The third kappa shape index (κ3) is 4.30. The Morgan fingerprint density at radius 2 is 1.68 bits per heavy atom. The zero-order valence-electron chi connectivity index (χ0n) is 13.5. The average molecular weight is 378 g/mol. The van der Waals surface area contributed by atoms with Crippen molar-refractivity contribution in [2.45, 2.75) is 19.3 Å². The van der Waals surface area contributed by atoms with Gasteiger partial charge in [-0.15, -0.1) is 0 Å². The largest absolute Gasteiger partial charge is 0.337 e. The van der Waals surface area contributed by atoms with Crippen molar-refractivity contribution in [3.8, 4) is 0 Å². The zero-order chi connectivity index (χ0) is 17.8. The molecule has 1 fully saturated rings. The molecule has 5 nitrogen and oxygen atoms in total. The minimum atomic E-state index is -0.410. The van der Waals surface area contributed by atoms with E-state index in [0.29, 0.717) is 15.7 Å². The molecule has 1 N–H and O–H groups in total. The average Bonchev–Trinajstić information content (AvgIpc) is 2.65. The zero-order valence-corrected chi connectivity index (χ0v) is 15.0. The Morgan fingerprint density at radius 1 is 0.960 bits per heavy atom. The van der Waals surface area contributed by atoms with E-state index in [1.807, 2.05) is 0 Å². The first-order valence-corrected chi connectivity index (χ1v) is 8.83. The second-order valence-corrected chi connectivity index (χ2v) is 6.66. The maximum Gasteiger partial charge on any atom is 0.274 e. The van der Waals surface area contributed by atoms with Gasteiger partial charge in [-0.25, -0.2) is 4.98 Å². The molecule has 0 unspecified atom stereocenters. The lowest BCUT2D eigenvalue weighted by Crippen LogP contribution is -2.36. The van der Waals surface area contributed by atoms with Crippen LogP contribution < -0.4 is 5.32 Å². The van der Waals surface area contributed by atoms with Crippen LogP contribution in [-0.2, 0) is 0 Å². The number of nitrogens with one attached hydrogen (secondary N) is 1. The number of piperidine rings is 1. The molecule has 2 aromatic rings. The van der Waals surface area contributed by atoms with E-state index in [1.165, 1.54) is 0 Å². The summed E-state index contributed by atoms with van der Waals surface area (Å²) in [7, 11) is 0. The topological polar surface area (TPSA) is 62.3 Å². The van der Waals surface area contributed by atoms with Gasteiger partial charge in [0.15, 0.2) is 0 Å². The summed E-state index contributed by atoms with van der Waals surface area (Å²) in [6.45, 7) is 1.47. The first kappa shape index (κ1) is 17.7. The van der Waals surface area contributed by atoms with E-state index in [9.17, 15) is 9.59 Å². The van der Waals surface area contributed by atoms with E-state index in [4.69, 9.17) is 23.2 Å². The van der Waals surface area contributed by atoms with Crippen LogP contribution in [0.1, 0.15) is 40.2 Å². The van der Waals surface area contributed by atoms with Crippen LogP contribution >= 0.6 is 23.2 Å². The number of amides is 2. The van der Waals surface area contributed by atoms with E-state index < -0.39 is 5.91 Å². The molecule has 130 valence electrons. The van der Waals surface area contributed by atoms with Crippen molar-refractivity contribution in [1.29, 1.82) is 0 Å². The molecule has 1 aromatic carbocycles. The lowest BCUT2D eigenvalue weighted by Gasteiger charge is -2.26. The molecule has 0 radical (unpaired) electrons. The van der Waals surface area contributed by atoms with Crippen molar-refractivity contribution in [2.24, 2.45) is 0 Å². The Hall–Kier alpha value is -2.11. The Balaban J connectivity index is 1.74. The summed E-state index contributed by atoms with van der Waals surface area (Å²) in [6.07, 6.45) is 3.15. The van der Waals surface area contributed by atoms with Crippen LogP contribution in [0.3, 0.4) is 0 Å². The summed E-state index contributed by atoms with van der Waals surface area (Å²) < 4.78 is 0. The van der Waals surface area contributed by atoms with Crippen molar-refractivity contribution in [1.82, 2.24) is 9.88 Å².